The van der Waals surface area contributed by atoms with Crippen LogP contribution in [0.15, 0.2) is 29.1 Å². The Hall–Kier alpha value is -2.09. The number of aromatic nitrogens is 2. The number of ether oxygens (including phenoxy) is 1. The molecule has 0 spiro atoms. The van der Waals surface area contributed by atoms with E-state index in [0.717, 1.165) is 18.6 Å². The highest BCUT2D eigenvalue weighted by molar-refractivity contribution is 7.59. The van der Waals surface area contributed by atoms with Crippen LogP contribution in [0.25, 0.3) is 0 Å². The van der Waals surface area contributed by atoms with Crippen molar-refractivity contribution in [3.63, 3.8) is 0 Å². The van der Waals surface area contributed by atoms with Gasteiger partial charge in [-0.25, -0.2) is 13.6 Å². The lowest BCUT2D eigenvalue weighted by molar-refractivity contribution is 0.288. The number of anilines is 1. The van der Waals surface area contributed by atoms with Crippen molar-refractivity contribution in [2.75, 3.05) is 11.9 Å². The summed E-state index contributed by atoms with van der Waals surface area (Å²) in [5.41, 5.74) is -0.904. The predicted molar refractivity (Wildman–Crippen MR) is 92.1 cm³/mol. The Balaban J connectivity index is 0.00000243. The van der Waals surface area contributed by atoms with E-state index in [4.69, 9.17) is 7.48 Å². The van der Waals surface area contributed by atoms with Gasteiger partial charge in [0.1, 0.15) is 24.0 Å². The Morgan fingerprint density at radius 1 is 1.33 bits per heavy atom. The fourth-order valence-electron chi connectivity index (χ4n) is 2.49. The van der Waals surface area contributed by atoms with Crippen LogP contribution in [-0.2, 0) is 13.1 Å². The van der Waals surface area contributed by atoms with E-state index < -0.39 is 23.9 Å². The number of halogens is 2. The maximum Gasteiger partial charge on any atom is 0.352 e. The molecule has 24 heavy (non-hydrogen) atoms. The van der Waals surface area contributed by atoms with Crippen LogP contribution in [0.3, 0.4) is 0 Å². The molecule has 2 aromatic rings. The highest BCUT2D eigenvalue weighted by atomic mass is 32.1. The normalized spacial score (nSPS) is 18.2. The van der Waals surface area contributed by atoms with Crippen LogP contribution in [0.4, 0.5) is 14.6 Å². The molecule has 0 fully saturated rings. The highest BCUT2D eigenvalue weighted by Crippen LogP contribution is 2.24. The molecule has 0 saturated heterocycles. The van der Waals surface area contributed by atoms with Gasteiger partial charge in [-0.05, 0) is 31.0 Å². The molecule has 2 heterocycles. The van der Waals surface area contributed by atoms with Gasteiger partial charge in [-0.3, -0.25) is 4.57 Å². The summed E-state index contributed by atoms with van der Waals surface area (Å²) in [6, 6.07) is 3.96. The Kier molecular flexibility index (Phi) is 4.64. The van der Waals surface area contributed by atoms with Crippen LogP contribution in [-0.4, -0.2) is 22.6 Å². The molecule has 1 atom stereocenters. The van der Waals surface area contributed by atoms with E-state index in [2.05, 4.69) is 4.98 Å². The van der Waals surface area contributed by atoms with E-state index in [1.54, 1.807) is 0 Å². The summed E-state index contributed by atoms with van der Waals surface area (Å²) in [6.07, 6.45) is 0.786. The lowest BCUT2D eigenvalue weighted by atomic mass is 10.1. The maximum absolute atomic E-state index is 13.3. The van der Waals surface area contributed by atoms with Gasteiger partial charge in [0, 0.05) is 31.8 Å². The van der Waals surface area contributed by atoms with Gasteiger partial charge in [0.2, 0.25) is 5.88 Å². The Labute approximate surface area is 148 Å². The van der Waals surface area contributed by atoms with Crippen molar-refractivity contribution in [3.05, 3.63) is 51.9 Å². The van der Waals surface area contributed by atoms with Crippen LogP contribution in [0.2, 0.25) is 0 Å². The molecular formula is C16H19F2N3O2S. The Morgan fingerprint density at radius 3 is 2.67 bits per heavy atom. The van der Waals surface area contributed by atoms with Gasteiger partial charge in [-0.1, -0.05) is 0 Å². The second kappa shape index (κ2) is 7.21. The number of hydrogen-bond acceptors (Lipinski definition) is 4. The monoisotopic (exact) mass is 357 g/mol. The fourth-order valence-corrected chi connectivity index (χ4v) is 2.49. The van der Waals surface area contributed by atoms with Gasteiger partial charge in [-0.2, -0.15) is 18.5 Å². The molecule has 0 unspecified atom stereocenters. The Bertz CT molecular complexity index is 859. The molecule has 1 aromatic heterocycles. The third kappa shape index (κ3) is 3.69. The van der Waals surface area contributed by atoms with E-state index in [1.807, 2.05) is 18.9 Å². The minimum Gasteiger partial charge on any atom is -0.473 e. The summed E-state index contributed by atoms with van der Waals surface area (Å²) in [5, 5.41) is 0. The van der Waals surface area contributed by atoms with Crippen LogP contribution in [0, 0.1) is 11.6 Å². The molecule has 0 radical (unpaired) electrons. The predicted octanol–water partition coefficient (Wildman–Crippen LogP) is 2.44. The number of fused-ring (bicyclic) bond motifs is 1. The largest absolute Gasteiger partial charge is 0.473 e. The molecule has 1 aliphatic heterocycles. The smallest absolute Gasteiger partial charge is 0.352 e. The lowest BCUT2D eigenvalue weighted by Crippen LogP contribution is -2.41. The summed E-state index contributed by atoms with van der Waals surface area (Å²) in [4.78, 5) is 17.8. The van der Waals surface area contributed by atoms with Crippen molar-refractivity contribution in [1.29, 1.82) is 0 Å². The molecule has 130 valence electrons. The van der Waals surface area contributed by atoms with Crippen molar-refractivity contribution in [2.24, 2.45) is 0 Å². The van der Waals surface area contributed by atoms with Gasteiger partial charge < -0.3 is 9.64 Å². The summed E-state index contributed by atoms with van der Waals surface area (Å²) in [7, 11) is 1.81. The van der Waals surface area contributed by atoms with Crippen molar-refractivity contribution >= 4 is 19.3 Å². The van der Waals surface area contributed by atoms with Crippen molar-refractivity contribution in [1.82, 2.24) is 9.55 Å². The molecule has 1 aliphatic rings. The maximum atomic E-state index is 13.3. The highest BCUT2D eigenvalue weighted by Gasteiger charge is 2.22. The topological polar surface area (TPSA) is 47.4 Å². The van der Waals surface area contributed by atoms with Gasteiger partial charge in [0.05, 0.1) is 2.74 Å². The molecule has 5 nitrogen and oxygen atoms in total. The summed E-state index contributed by atoms with van der Waals surface area (Å²) >= 11 is 0. The zero-order chi connectivity index (χ0) is 18.4. The van der Waals surface area contributed by atoms with Crippen LogP contribution in [0.1, 0.15) is 21.6 Å². The number of benzene rings is 1. The minimum absolute atomic E-state index is 0. The summed E-state index contributed by atoms with van der Waals surface area (Å²) in [5.74, 6) is -1.54. The van der Waals surface area contributed by atoms with E-state index in [1.165, 1.54) is 10.6 Å². The molecule has 3 rings (SSSR count). The van der Waals surface area contributed by atoms with Gasteiger partial charge in [-0.15, -0.1) is 0 Å². The third-order valence-electron chi connectivity index (χ3n) is 3.89. The molecule has 0 aliphatic carbocycles. The van der Waals surface area contributed by atoms with Gasteiger partial charge in [0.25, 0.3) is 0 Å². The second-order valence-electron chi connectivity index (χ2n) is 5.50. The van der Waals surface area contributed by atoms with Crippen molar-refractivity contribution in [3.8, 4) is 5.88 Å². The standard InChI is InChI=1S/C16H17F2N3O2.H2S/c1-10-3-4-21-15(20(10)2)8-14(19-16(21)22)23-9-11-5-12(17)7-13(18)6-11;/h5-8,10H,3-4,9H2,1-2H3;1H2/t10-;/m0./s1/i9D2;. The summed E-state index contributed by atoms with van der Waals surface area (Å²) < 4.78 is 49.2. The number of rotatable bonds is 3. The zero-order valence-electron chi connectivity index (χ0n) is 15.2. The molecule has 1 aromatic carbocycles. The first-order valence-electron chi connectivity index (χ1n) is 8.18. The second-order valence-corrected chi connectivity index (χ2v) is 5.50. The number of nitrogens with zero attached hydrogens (tertiary/aromatic N) is 3. The molecule has 0 amide bonds. The van der Waals surface area contributed by atoms with E-state index >= 15 is 0 Å². The molecule has 0 bridgehead atoms. The van der Waals surface area contributed by atoms with Crippen LogP contribution in [0.5, 0.6) is 5.88 Å². The first-order valence-corrected chi connectivity index (χ1v) is 7.18. The first-order chi connectivity index (χ1) is 11.7. The third-order valence-corrected chi connectivity index (χ3v) is 3.89. The van der Waals surface area contributed by atoms with Crippen molar-refractivity contribution in [2.45, 2.75) is 32.5 Å². The quantitative estimate of drug-likeness (QED) is 0.847. The average molecular weight is 357 g/mol. The SMILES string of the molecule is S.[2H]C([2H])(Oc1cc2n(c(=O)n1)CC[C@H](C)N2C)c1cc(F)cc(F)c1. The first kappa shape index (κ1) is 15.4. The molecule has 0 saturated carbocycles. The molecular weight excluding hydrogens is 336 g/mol. The van der Waals surface area contributed by atoms with Crippen LogP contribution < -0.4 is 15.3 Å². The molecule has 8 heteroatoms. The average Bonchev–Trinajstić information content (AvgIpc) is 2.50. The lowest BCUT2D eigenvalue weighted by Gasteiger charge is -2.34. The van der Waals surface area contributed by atoms with Gasteiger partial charge >= 0.3 is 5.69 Å². The number of hydrogen-bond donors (Lipinski definition) is 0. The molecule has 0 N–H and O–H groups in total. The van der Waals surface area contributed by atoms with E-state index in [-0.39, 0.29) is 31.0 Å². The van der Waals surface area contributed by atoms with Gasteiger partial charge in [0.15, 0.2) is 0 Å². The Morgan fingerprint density at radius 2 is 2.00 bits per heavy atom. The van der Waals surface area contributed by atoms with E-state index in [0.29, 0.717) is 18.4 Å². The minimum atomic E-state index is -2.56. The fraction of sp³-hybridized carbons (Fsp3) is 0.375. The van der Waals surface area contributed by atoms with E-state index in [9.17, 15) is 13.6 Å². The summed E-state index contributed by atoms with van der Waals surface area (Å²) in [6.45, 7) is -0.0428. The van der Waals surface area contributed by atoms with Crippen molar-refractivity contribution < 1.29 is 16.3 Å². The van der Waals surface area contributed by atoms with Crippen LogP contribution >= 0.6 is 13.5 Å². The zero-order valence-corrected chi connectivity index (χ0v) is 14.2.